The fraction of sp³-hybridized carbons (Fsp3) is 0.136. The molecule has 1 saturated heterocycles. The van der Waals surface area contributed by atoms with Gasteiger partial charge in [0.05, 0.1) is 42.5 Å². The Balaban J connectivity index is 1.45. The minimum atomic E-state index is -0.471. The predicted molar refractivity (Wildman–Crippen MR) is 111 cm³/mol. The van der Waals surface area contributed by atoms with Gasteiger partial charge in [-0.15, -0.1) is 0 Å². The third kappa shape index (κ3) is 3.90. The Morgan fingerprint density at radius 3 is 2.74 bits per heavy atom. The van der Waals surface area contributed by atoms with Crippen molar-refractivity contribution < 1.29 is 13.9 Å². The van der Waals surface area contributed by atoms with Gasteiger partial charge in [0.15, 0.2) is 0 Å². The van der Waals surface area contributed by atoms with Crippen LogP contribution in [-0.2, 0) is 4.74 Å². The zero-order valence-electron chi connectivity index (χ0n) is 16.3. The van der Waals surface area contributed by atoms with Crippen LogP contribution in [0.25, 0.3) is 22.6 Å². The van der Waals surface area contributed by atoms with Gasteiger partial charge in [-0.1, -0.05) is 12.1 Å². The molecule has 1 aliphatic heterocycles. The summed E-state index contributed by atoms with van der Waals surface area (Å²) in [5.74, 6) is -0.880. The summed E-state index contributed by atoms with van der Waals surface area (Å²) in [7, 11) is 0. The van der Waals surface area contributed by atoms with E-state index in [1.54, 1.807) is 35.3 Å². The number of hydrogen-bond acceptors (Lipinski definition) is 6. The number of halogens is 1. The van der Waals surface area contributed by atoms with Crippen LogP contribution in [0.15, 0.2) is 67.3 Å². The number of rotatable bonds is 5. The number of anilines is 1. The van der Waals surface area contributed by atoms with Gasteiger partial charge in [-0.3, -0.25) is 19.4 Å². The maximum absolute atomic E-state index is 13.5. The molecule has 0 unspecified atom stereocenters. The Morgan fingerprint density at radius 2 is 2.00 bits per heavy atom. The van der Waals surface area contributed by atoms with Crippen molar-refractivity contribution in [3.05, 3.63) is 78.8 Å². The van der Waals surface area contributed by atoms with E-state index in [4.69, 9.17) is 4.74 Å². The summed E-state index contributed by atoms with van der Waals surface area (Å²) >= 11 is 0. The second-order valence-corrected chi connectivity index (χ2v) is 7.03. The summed E-state index contributed by atoms with van der Waals surface area (Å²) in [4.78, 5) is 25.5. The molecule has 0 saturated carbocycles. The summed E-state index contributed by atoms with van der Waals surface area (Å²) in [5, 5.41) is 7.50. The Morgan fingerprint density at radius 1 is 1.13 bits per heavy atom. The summed E-state index contributed by atoms with van der Waals surface area (Å²) in [5.41, 5.74) is 2.85. The van der Waals surface area contributed by atoms with Gasteiger partial charge in [0.25, 0.3) is 5.91 Å². The first-order chi connectivity index (χ1) is 15.2. The molecule has 0 radical (unpaired) electrons. The molecule has 4 aromatic rings. The van der Waals surface area contributed by atoms with Crippen LogP contribution in [0.5, 0.6) is 0 Å². The molecular formula is C22H17FN6O2. The maximum Gasteiger partial charge on any atom is 0.274 e. The van der Waals surface area contributed by atoms with Crippen LogP contribution >= 0.6 is 0 Å². The van der Waals surface area contributed by atoms with Crippen molar-refractivity contribution >= 4 is 11.6 Å². The van der Waals surface area contributed by atoms with E-state index in [0.29, 0.717) is 41.5 Å². The molecule has 1 N–H and O–H groups in total. The Kier molecular flexibility index (Phi) is 4.93. The summed E-state index contributed by atoms with van der Waals surface area (Å²) in [6.07, 6.45) is 6.06. The molecule has 0 aliphatic carbocycles. The highest BCUT2D eigenvalue weighted by Gasteiger charge is 2.25. The standard InChI is InChI=1S/C22H17FN6O2/c23-15-8-14(9-24-10-15)17-5-3-6-19(26-17)22(30)27-20-11-29(16-12-31-13-16)28-21(20)18-4-1-2-7-25-18/h1-11,16H,12-13H2,(H,27,30). The van der Waals surface area contributed by atoms with Crippen molar-refractivity contribution in [1.29, 1.82) is 0 Å². The Hall–Kier alpha value is -3.98. The van der Waals surface area contributed by atoms with E-state index in [9.17, 15) is 9.18 Å². The van der Waals surface area contributed by atoms with E-state index < -0.39 is 11.7 Å². The monoisotopic (exact) mass is 416 g/mol. The van der Waals surface area contributed by atoms with Crippen LogP contribution in [0.1, 0.15) is 16.5 Å². The number of pyridine rings is 3. The van der Waals surface area contributed by atoms with Crippen molar-refractivity contribution in [3.8, 4) is 22.6 Å². The molecule has 1 aliphatic rings. The van der Waals surface area contributed by atoms with E-state index in [-0.39, 0.29) is 11.7 Å². The number of nitrogens with zero attached hydrogens (tertiary/aromatic N) is 5. The van der Waals surface area contributed by atoms with Gasteiger partial charge in [0.2, 0.25) is 0 Å². The zero-order chi connectivity index (χ0) is 21.2. The van der Waals surface area contributed by atoms with E-state index in [1.807, 2.05) is 18.2 Å². The predicted octanol–water partition coefficient (Wildman–Crippen LogP) is 3.36. The van der Waals surface area contributed by atoms with Gasteiger partial charge in [-0.2, -0.15) is 5.10 Å². The lowest BCUT2D eigenvalue weighted by molar-refractivity contribution is -0.0285. The van der Waals surface area contributed by atoms with Gasteiger partial charge in [0, 0.05) is 24.2 Å². The molecule has 4 aromatic heterocycles. The number of carbonyl (C=O) groups is 1. The van der Waals surface area contributed by atoms with Crippen LogP contribution in [0.4, 0.5) is 10.1 Å². The minimum absolute atomic E-state index is 0.120. The summed E-state index contributed by atoms with van der Waals surface area (Å²) < 4.78 is 20.5. The first kappa shape index (κ1) is 19.0. The largest absolute Gasteiger partial charge is 0.377 e. The van der Waals surface area contributed by atoms with Crippen molar-refractivity contribution in [2.24, 2.45) is 0 Å². The molecule has 31 heavy (non-hydrogen) atoms. The lowest BCUT2D eigenvalue weighted by atomic mass is 10.1. The Labute approximate surface area is 176 Å². The molecule has 0 spiro atoms. The SMILES string of the molecule is O=C(Nc1cn(C2COC2)nc1-c1ccccn1)c1cccc(-c2cncc(F)c2)n1. The highest BCUT2D eigenvalue weighted by atomic mass is 19.1. The number of ether oxygens (including phenoxy) is 1. The molecule has 9 heteroatoms. The number of aromatic nitrogens is 5. The van der Waals surface area contributed by atoms with Gasteiger partial charge >= 0.3 is 0 Å². The molecule has 154 valence electrons. The third-order valence-electron chi connectivity index (χ3n) is 4.86. The summed E-state index contributed by atoms with van der Waals surface area (Å²) in [6, 6.07) is 11.9. The van der Waals surface area contributed by atoms with Gasteiger partial charge < -0.3 is 10.1 Å². The molecule has 1 amide bonds. The van der Waals surface area contributed by atoms with Crippen LogP contribution in [0.3, 0.4) is 0 Å². The molecule has 0 bridgehead atoms. The normalized spacial score (nSPS) is 13.6. The lowest BCUT2D eigenvalue weighted by Gasteiger charge is -2.25. The van der Waals surface area contributed by atoms with Crippen molar-refractivity contribution in [2.75, 3.05) is 18.5 Å². The van der Waals surface area contributed by atoms with Crippen molar-refractivity contribution in [2.45, 2.75) is 6.04 Å². The molecular weight excluding hydrogens is 399 g/mol. The second-order valence-electron chi connectivity index (χ2n) is 7.03. The van der Waals surface area contributed by atoms with Crippen LogP contribution in [0, 0.1) is 5.82 Å². The van der Waals surface area contributed by atoms with E-state index in [2.05, 4.69) is 25.4 Å². The first-order valence-corrected chi connectivity index (χ1v) is 9.65. The number of hydrogen-bond donors (Lipinski definition) is 1. The van der Waals surface area contributed by atoms with E-state index >= 15 is 0 Å². The molecule has 0 aromatic carbocycles. The third-order valence-corrected chi connectivity index (χ3v) is 4.86. The first-order valence-electron chi connectivity index (χ1n) is 9.65. The smallest absolute Gasteiger partial charge is 0.274 e. The maximum atomic E-state index is 13.5. The highest BCUT2D eigenvalue weighted by Crippen LogP contribution is 2.28. The quantitative estimate of drug-likeness (QED) is 0.536. The molecule has 8 nitrogen and oxygen atoms in total. The average molecular weight is 416 g/mol. The fourth-order valence-electron chi connectivity index (χ4n) is 3.20. The fourth-order valence-corrected chi connectivity index (χ4v) is 3.20. The van der Waals surface area contributed by atoms with Gasteiger partial charge in [-0.25, -0.2) is 9.37 Å². The molecule has 5 heterocycles. The highest BCUT2D eigenvalue weighted by molar-refractivity contribution is 6.04. The van der Waals surface area contributed by atoms with Crippen molar-refractivity contribution in [3.63, 3.8) is 0 Å². The lowest BCUT2D eigenvalue weighted by Crippen LogP contribution is -2.30. The van der Waals surface area contributed by atoms with Crippen LogP contribution in [0.2, 0.25) is 0 Å². The van der Waals surface area contributed by atoms with E-state index in [0.717, 1.165) is 6.20 Å². The van der Waals surface area contributed by atoms with Crippen molar-refractivity contribution in [1.82, 2.24) is 24.7 Å². The minimum Gasteiger partial charge on any atom is -0.377 e. The molecule has 5 rings (SSSR count). The average Bonchev–Trinajstić information content (AvgIpc) is 3.16. The Bertz CT molecular complexity index is 1240. The number of nitrogens with one attached hydrogen (secondary N) is 1. The van der Waals surface area contributed by atoms with Gasteiger partial charge in [-0.05, 0) is 30.3 Å². The molecule has 1 fully saturated rings. The second kappa shape index (κ2) is 8.04. The zero-order valence-corrected chi connectivity index (χ0v) is 16.3. The molecule has 0 atom stereocenters. The van der Waals surface area contributed by atoms with E-state index in [1.165, 1.54) is 12.3 Å². The number of amides is 1. The van der Waals surface area contributed by atoms with Crippen LogP contribution in [-0.4, -0.2) is 43.9 Å². The van der Waals surface area contributed by atoms with Crippen LogP contribution < -0.4 is 5.32 Å². The number of carbonyl (C=O) groups excluding carboxylic acids is 1. The topological polar surface area (TPSA) is 94.8 Å². The summed E-state index contributed by atoms with van der Waals surface area (Å²) in [6.45, 7) is 1.14. The van der Waals surface area contributed by atoms with Gasteiger partial charge in [0.1, 0.15) is 17.2 Å².